The fourth-order valence-electron chi connectivity index (χ4n) is 0.544. The van der Waals surface area contributed by atoms with Crippen molar-refractivity contribution in [1.82, 2.24) is 0 Å². The maximum Gasteiger partial charge on any atom is -0.00698 e. The molecule has 0 nitrogen and oxygen atoms in total. The second-order valence-corrected chi connectivity index (χ2v) is 5.05. The van der Waals surface area contributed by atoms with Crippen LogP contribution in [0, 0.1) is 13.8 Å². The van der Waals surface area contributed by atoms with E-state index in [1.807, 2.05) is 0 Å². The summed E-state index contributed by atoms with van der Waals surface area (Å²) in [6.45, 7) is 4.41. The van der Waals surface area contributed by atoms with E-state index in [0.717, 1.165) is 8.19 Å². The third-order valence-electron chi connectivity index (χ3n) is 0.830. The molecule has 1 unspecified atom stereocenters. The van der Waals surface area contributed by atoms with Gasteiger partial charge >= 0.3 is 0 Å². The van der Waals surface area contributed by atoms with Gasteiger partial charge in [0.15, 0.2) is 0 Å². The molecule has 1 heterocycles. The summed E-state index contributed by atoms with van der Waals surface area (Å²) < 4.78 is 0. The van der Waals surface area contributed by atoms with Crippen LogP contribution in [0.5, 0.6) is 0 Å². The minimum atomic E-state index is 1.02. The van der Waals surface area contributed by atoms with Crippen molar-refractivity contribution in [3.8, 4) is 0 Å². The average molecular weight is 130 g/mol. The van der Waals surface area contributed by atoms with Gasteiger partial charge in [-0.25, -0.2) is 0 Å². The minimum Gasteiger partial charge on any atom is -0.129 e. The fraction of sp³-hybridized carbons (Fsp3) is 0.400. The van der Waals surface area contributed by atoms with Crippen LogP contribution in [0.15, 0.2) is 5.80 Å². The highest BCUT2D eigenvalue weighted by molar-refractivity contribution is 7.49. The molecule has 0 bridgehead atoms. The van der Waals surface area contributed by atoms with Crippen molar-refractivity contribution in [3.63, 3.8) is 0 Å². The van der Waals surface area contributed by atoms with Crippen molar-refractivity contribution in [1.29, 1.82) is 0 Å². The SMILES string of the molecule is Cc1cpc(C)[pH]1. The molecule has 1 atom stereocenters. The molecule has 0 amide bonds. The van der Waals surface area contributed by atoms with E-state index in [9.17, 15) is 0 Å². The molecule has 0 N–H and O–H groups in total. The van der Waals surface area contributed by atoms with Gasteiger partial charge in [-0.1, -0.05) is 8.19 Å². The lowest BCUT2D eigenvalue weighted by atomic mass is 10.7. The Morgan fingerprint density at radius 2 is 2.29 bits per heavy atom. The highest BCUT2D eigenvalue weighted by Crippen LogP contribution is 2.28. The highest BCUT2D eigenvalue weighted by Gasteiger charge is 1.83. The molecule has 1 aromatic heterocycles. The Morgan fingerprint density at radius 1 is 1.57 bits per heavy atom. The van der Waals surface area contributed by atoms with Crippen LogP contribution in [0.4, 0.5) is 0 Å². The van der Waals surface area contributed by atoms with Crippen molar-refractivity contribution in [3.05, 3.63) is 16.1 Å². The third kappa shape index (κ3) is 1.30. The molecule has 0 fully saturated rings. The second-order valence-electron chi connectivity index (χ2n) is 1.65. The van der Waals surface area contributed by atoms with Crippen LogP contribution in [0.25, 0.3) is 0 Å². The Balaban J connectivity index is 3.04. The first kappa shape index (κ1) is 5.35. The predicted octanol–water partition coefficient (Wildman–Crippen LogP) is 2.91. The Hall–Kier alpha value is 0.210. The summed E-state index contributed by atoms with van der Waals surface area (Å²) in [6.07, 6.45) is 0. The first-order chi connectivity index (χ1) is 3.29. The number of rotatable bonds is 0. The molecule has 2 heteroatoms. The Kier molecular flexibility index (Phi) is 1.52. The summed E-state index contributed by atoms with van der Waals surface area (Å²) in [7, 11) is 2.47. The lowest BCUT2D eigenvalue weighted by Crippen LogP contribution is -1.40. The van der Waals surface area contributed by atoms with Crippen molar-refractivity contribution in [2.45, 2.75) is 13.8 Å². The normalized spacial score (nSPS) is 11.7. The maximum absolute atomic E-state index is 2.29. The van der Waals surface area contributed by atoms with Crippen LogP contribution < -0.4 is 0 Å². The van der Waals surface area contributed by atoms with E-state index in [1.165, 1.54) is 8.19 Å². The van der Waals surface area contributed by atoms with Crippen molar-refractivity contribution in [2.24, 2.45) is 0 Å². The van der Waals surface area contributed by atoms with Gasteiger partial charge in [0.2, 0.25) is 0 Å². The van der Waals surface area contributed by atoms with E-state index in [0.29, 0.717) is 0 Å². The molecule has 7 heavy (non-hydrogen) atoms. The summed E-state index contributed by atoms with van der Waals surface area (Å²) in [4.78, 5) is 0. The van der Waals surface area contributed by atoms with Gasteiger partial charge in [0.25, 0.3) is 0 Å². The summed E-state index contributed by atoms with van der Waals surface area (Å²) in [5.41, 5.74) is 0. The first-order valence-corrected chi connectivity index (χ1v) is 4.23. The van der Waals surface area contributed by atoms with Gasteiger partial charge in [-0.05, 0) is 30.0 Å². The summed E-state index contributed by atoms with van der Waals surface area (Å²) in [5, 5.41) is 3.16. The van der Waals surface area contributed by atoms with Crippen molar-refractivity contribution in [2.75, 3.05) is 0 Å². The second kappa shape index (κ2) is 1.99. The molecule has 1 rings (SSSR count). The Bertz CT molecular complexity index is 138. The summed E-state index contributed by atoms with van der Waals surface area (Å²) >= 11 is 0. The number of aryl methyl sites for hydroxylation is 2. The highest BCUT2D eigenvalue weighted by atomic mass is 31.1. The molecular weight excluding hydrogens is 122 g/mol. The predicted molar refractivity (Wildman–Crippen MR) is 37.9 cm³/mol. The Morgan fingerprint density at radius 3 is 2.43 bits per heavy atom. The maximum atomic E-state index is 2.29. The number of hydrogen-bond acceptors (Lipinski definition) is 0. The van der Waals surface area contributed by atoms with Crippen LogP contribution in [-0.2, 0) is 0 Å². The summed E-state index contributed by atoms with van der Waals surface area (Å²) in [6, 6.07) is 0. The smallest absolute Gasteiger partial charge is 0.00698 e. The molecule has 0 radical (unpaired) electrons. The molecule has 0 spiro atoms. The van der Waals surface area contributed by atoms with Gasteiger partial charge in [0, 0.05) is 0 Å². The van der Waals surface area contributed by atoms with E-state index in [4.69, 9.17) is 0 Å². The third-order valence-corrected chi connectivity index (χ3v) is 3.60. The first-order valence-electron chi connectivity index (χ1n) is 2.27. The van der Waals surface area contributed by atoms with Crippen LogP contribution in [0.3, 0.4) is 0 Å². The monoisotopic (exact) mass is 130 g/mol. The van der Waals surface area contributed by atoms with E-state index in [2.05, 4.69) is 19.6 Å². The summed E-state index contributed by atoms with van der Waals surface area (Å²) in [5.74, 6) is 2.29. The lowest BCUT2D eigenvalue weighted by molar-refractivity contribution is 1.67. The zero-order valence-corrected chi connectivity index (χ0v) is 6.42. The van der Waals surface area contributed by atoms with Gasteiger partial charge in [-0.15, -0.1) is 8.19 Å². The van der Waals surface area contributed by atoms with Gasteiger partial charge in [0.1, 0.15) is 0 Å². The minimum absolute atomic E-state index is 1.02. The van der Waals surface area contributed by atoms with E-state index in [1.54, 1.807) is 10.3 Å². The van der Waals surface area contributed by atoms with Gasteiger partial charge in [-0.3, -0.25) is 0 Å². The molecule has 0 aliphatic heterocycles. The number of hydrogen-bond donors (Lipinski definition) is 0. The van der Waals surface area contributed by atoms with E-state index >= 15 is 0 Å². The standard InChI is InChI=1S/C5H8P2/c1-4-3-6-5(2)7-4/h3,7H,1-2H3. The lowest BCUT2D eigenvalue weighted by Gasteiger charge is -1.72. The van der Waals surface area contributed by atoms with E-state index in [-0.39, 0.29) is 0 Å². The van der Waals surface area contributed by atoms with Gasteiger partial charge in [0.05, 0.1) is 0 Å². The van der Waals surface area contributed by atoms with Crippen LogP contribution >= 0.6 is 16.4 Å². The molecule has 0 saturated heterocycles. The molecule has 1 aromatic rings. The molecule has 38 valence electrons. The fourth-order valence-corrected chi connectivity index (χ4v) is 2.93. The topological polar surface area (TPSA) is 0 Å². The Labute approximate surface area is 47.1 Å². The molecule has 0 aromatic carbocycles. The average Bonchev–Trinajstić information content (AvgIpc) is 1.87. The van der Waals surface area contributed by atoms with E-state index < -0.39 is 0 Å². The van der Waals surface area contributed by atoms with Crippen molar-refractivity contribution < 1.29 is 0 Å². The molecule has 0 aliphatic rings. The molecule has 0 saturated carbocycles. The molecular formula is C5H8P2. The van der Waals surface area contributed by atoms with Crippen molar-refractivity contribution >= 4 is 16.4 Å². The largest absolute Gasteiger partial charge is 0.129 e. The van der Waals surface area contributed by atoms with Crippen LogP contribution in [0.1, 0.15) is 10.3 Å². The van der Waals surface area contributed by atoms with Gasteiger partial charge < -0.3 is 0 Å². The molecule has 0 aliphatic carbocycles. The van der Waals surface area contributed by atoms with Crippen LogP contribution in [0.2, 0.25) is 0 Å². The quantitative estimate of drug-likeness (QED) is 0.506. The van der Waals surface area contributed by atoms with Gasteiger partial charge in [-0.2, -0.15) is 0 Å². The zero-order valence-electron chi connectivity index (χ0n) is 4.52. The van der Waals surface area contributed by atoms with Crippen LogP contribution in [-0.4, -0.2) is 0 Å². The zero-order chi connectivity index (χ0) is 5.28.